The average Bonchev–Trinajstić information content (AvgIpc) is 2.40. The van der Waals surface area contributed by atoms with Gasteiger partial charge in [0, 0.05) is 24.2 Å². The van der Waals surface area contributed by atoms with Gasteiger partial charge in [0.25, 0.3) is 5.69 Å². The number of nitrogens with one attached hydrogen (secondary N) is 1. The largest absolute Gasteiger partial charge is 0.326 e. The normalized spacial score (nSPS) is 23.0. The Kier molecular flexibility index (Phi) is 4.60. The summed E-state index contributed by atoms with van der Waals surface area (Å²) in [6, 6.07) is 3.26. The molecule has 1 aliphatic rings. The van der Waals surface area contributed by atoms with E-state index in [9.17, 15) is 18.5 Å². The van der Waals surface area contributed by atoms with Crippen LogP contribution in [0.4, 0.5) is 5.69 Å². The average molecular weight is 313 g/mol. The Labute approximate surface area is 123 Å². The molecular weight excluding hydrogens is 294 g/mol. The van der Waals surface area contributed by atoms with Gasteiger partial charge in [-0.2, -0.15) is 0 Å². The third-order valence-electron chi connectivity index (χ3n) is 3.78. The van der Waals surface area contributed by atoms with Crippen LogP contribution in [0.25, 0.3) is 0 Å². The Bertz CT molecular complexity index is 645. The molecule has 7 nitrogen and oxygen atoms in total. The van der Waals surface area contributed by atoms with Crippen LogP contribution in [0.2, 0.25) is 0 Å². The predicted octanol–water partition coefficient (Wildman–Crippen LogP) is 1.45. The van der Waals surface area contributed by atoms with Gasteiger partial charge in [-0.1, -0.05) is 12.8 Å². The van der Waals surface area contributed by atoms with E-state index in [4.69, 9.17) is 5.73 Å². The number of hydrogen-bond acceptors (Lipinski definition) is 5. The third kappa shape index (κ3) is 3.58. The van der Waals surface area contributed by atoms with Gasteiger partial charge in [-0.25, -0.2) is 13.1 Å². The molecule has 21 heavy (non-hydrogen) atoms. The summed E-state index contributed by atoms with van der Waals surface area (Å²) < 4.78 is 27.5. The summed E-state index contributed by atoms with van der Waals surface area (Å²) in [4.78, 5) is 10.2. The number of nitro groups is 1. The highest BCUT2D eigenvalue weighted by Crippen LogP contribution is 2.23. The van der Waals surface area contributed by atoms with Crippen molar-refractivity contribution < 1.29 is 13.3 Å². The van der Waals surface area contributed by atoms with E-state index >= 15 is 0 Å². The second-order valence-electron chi connectivity index (χ2n) is 5.38. The second kappa shape index (κ2) is 6.08. The van der Waals surface area contributed by atoms with Crippen LogP contribution in [-0.2, 0) is 10.0 Å². The molecule has 8 heteroatoms. The molecule has 2 unspecified atom stereocenters. The van der Waals surface area contributed by atoms with E-state index in [1.807, 2.05) is 0 Å². The summed E-state index contributed by atoms with van der Waals surface area (Å²) in [5.74, 6) is 0. The van der Waals surface area contributed by atoms with Crippen molar-refractivity contribution in [1.29, 1.82) is 0 Å². The van der Waals surface area contributed by atoms with E-state index in [-0.39, 0.29) is 22.7 Å². The summed E-state index contributed by atoms with van der Waals surface area (Å²) in [6.07, 6.45) is 3.47. The second-order valence-corrected chi connectivity index (χ2v) is 7.07. The number of nitro benzene ring substituents is 1. The number of nitrogens with zero attached hydrogens (tertiary/aromatic N) is 1. The summed E-state index contributed by atoms with van der Waals surface area (Å²) >= 11 is 0. The molecule has 0 radical (unpaired) electrons. The van der Waals surface area contributed by atoms with Gasteiger partial charge >= 0.3 is 0 Å². The first-order valence-corrected chi connectivity index (χ1v) is 8.32. The van der Waals surface area contributed by atoms with Gasteiger partial charge < -0.3 is 5.73 Å². The number of non-ortho nitro benzene ring substituents is 1. The van der Waals surface area contributed by atoms with E-state index in [2.05, 4.69) is 4.72 Å². The molecule has 0 saturated heterocycles. The van der Waals surface area contributed by atoms with E-state index < -0.39 is 14.9 Å². The third-order valence-corrected chi connectivity index (χ3v) is 5.43. The van der Waals surface area contributed by atoms with Crippen molar-refractivity contribution in [2.45, 2.75) is 49.6 Å². The van der Waals surface area contributed by atoms with Gasteiger partial charge in [0.1, 0.15) is 0 Å². The lowest BCUT2D eigenvalue weighted by atomic mass is 9.92. The highest BCUT2D eigenvalue weighted by molar-refractivity contribution is 7.89. The SMILES string of the molecule is Cc1cc([N+](=O)[O-])ccc1S(=O)(=O)NC1CCCCC1N. The van der Waals surface area contributed by atoms with Crippen molar-refractivity contribution in [3.05, 3.63) is 33.9 Å². The molecule has 0 aromatic heterocycles. The maximum absolute atomic E-state index is 12.4. The molecule has 1 aromatic rings. The minimum atomic E-state index is -3.72. The zero-order valence-electron chi connectivity index (χ0n) is 11.8. The molecule has 2 rings (SSSR count). The van der Waals surface area contributed by atoms with Crippen LogP contribution in [0, 0.1) is 17.0 Å². The Balaban J connectivity index is 2.25. The van der Waals surface area contributed by atoms with Crippen LogP contribution < -0.4 is 10.5 Å². The number of rotatable bonds is 4. The quantitative estimate of drug-likeness (QED) is 0.645. The Morgan fingerprint density at radius 1 is 1.33 bits per heavy atom. The molecule has 1 aromatic carbocycles. The highest BCUT2D eigenvalue weighted by Gasteiger charge is 2.28. The van der Waals surface area contributed by atoms with Crippen LogP contribution in [0.1, 0.15) is 31.2 Å². The summed E-state index contributed by atoms with van der Waals surface area (Å²) in [7, 11) is -3.72. The van der Waals surface area contributed by atoms with E-state index in [1.54, 1.807) is 6.92 Å². The van der Waals surface area contributed by atoms with Crippen molar-refractivity contribution in [3.8, 4) is 0 Å². The molecular formula is C13H19N3O4S. The zero-order valence-corrected chi connectivity index (χ0v) is 12.6. The first-order chi connectivity index (χ1) is 9.81. The minimum absolute atomic E-state index is 0.0610. The van der Waals surface area contributed by atoms with Crippen LogP contribution in [-0.4, -0.2) is 25.4 Å². The zero-order chi connectivity index (χ0) is 15.6. The minimum Gasteiger partial charge on any atom is -0.326 e. The molecule has 1 aliphatic carbocycles. The molecule has 0 aliphatic heterocycles. The van der Waals surface area contributed by atoms with E-state index in [0.29, 0.717) is 12.0 Å². The molecule has 0 bridgehead atoms. The van der Waals surface area contributed by atoms with Crippen LogP contribution in [0.15, 0.2) is 23.1 Å². The lowest BCUT2D eigenvalue weighted by Crippen LogP contribution is -2.49. The van der Waals surface area contributed by atoms with Crippen molar-refractivity contribution in [2.75, 3.05) is 0 Å². The fourth-order valence-electron chi connectivity index (χ4n) is 2.62. The van der Waals surface area contributed by atoms with Crippen molar-refractivity contribution >= 4 is 15.7 Å². The lowest BCUT2D eigenvalue weighted by Gasteiger charge is -2.29. The molecule has 0 amide bonds. The molecule has 1 saturated carbocycles. The standard InChI is InChI=1S/C13H19N3O4S/c1-9-8-10(16(17)18)6-7-13(9)21(19,20)15-12-5-3-2-4-11(12)14/h6-8,11-12,15H,2-5,14H2,1H3. The summed E-state index contributed by atoms with van der Waals surface area (Å²) in [5.41, 5.74) is 6.17. The Morgan fingerprint density at radius 3 is 2.57 bits per heavy atom. The number of sulfonamides is 1. The van der Waals surface area contributed by atoms with Gasteiger partial charge in [0.15, 0.2) is 0 Å². The maximum Gasteiger partial charge on any atom is 0.269 e. The van der Waals surface area contributed by atoms with Gasteiger partial charge in [-0.05, 0) is 31.4 Å². The van der Waals surface area contributed by atoms with Gasteiger partial charge in [-0.3, -0.25) is 10.1 Å². The van der Waals surface area contributed by atoms with Crippen LogP contribution in [0.3, 0.4) is 0 Å². The van der Waals surface area contributed by atoms with Crippen LogP contribution in [0.5, 0.6) is 0 Å². The maximum atomic E-state index is 12.4. The molecule has 1 fully saturated rings. The van der Waals surface area contributed by atoms with Gasteiger partial charge in [-0.15, -0.1) is 0 Å². The fraction of sp³-hybridized carbons (Fsp3) is 0.538. The monoisotopic (exact) mass is 313 g/mol. The summed E-state index contributed by atoms with van der Waals surface area (Å²) in [6.45, 7) is 1.54. The number of benzene rings is 1. The first kappa shape index (κ1) is 15.9. The Hall–Kier alpha value is -1.51. The first-order valence-electron chi connectivity index (χ1n) is 6.84. The van der Waals surface area contributed by atoms with E-state index in [1.165, 1.54) is 18.2 Å². The summed E-state index contributed by atoms with van der Waals surface area (Å²) in [5, 5.41) is 10.7. The topological polar surface area (TPSA) is 115 Å². The van der Waals surface area contributed by atoms with Crippen molar-refractivity contribution in [2.24, 2.45) is 5.73 Å². The molecule has 2 atom stereocenters. The van der Waals surface area contributed by atoms with Crippen LogP contribution >= 0.6 is 0 Å². The van der Waals surface area contributed by atoms with Gasteiger partial charge in [0.2, 0.25) is 10.0 Å². The lowest BCUT2D eigenvalue weighted by molar-refractivity contribution is -0.385. The van der Waals surface area contributed by atoms with E-state index in [0.717, 1.165) is 19.3 Å². The molecule has 0 spiro atoms. The Morgan fingerprint density at radius 2 is 2.00 bits per heavy atom. The number of aryl methyl sites for hydroxylation is 1. The molecule has 0 heterocycles. The fourth-order valence-corrected chi connectivity index (χ4v) is 4.17. The molecule has 3 N–H and O–H groups in total. The number of hydrogen-bond donors (Lipinski definition) is 2. The smallest absolute Gasteiger partial charge is 0.269 e. The van der Waals surface area contributed by atoms with Gasteiger partial charge in [0.05, 0.1) is 9.82 Å². The molecule has 116 valence electrons. The predicted molar refractivity (Wildman–Crippen MR) is 78.4 cm³/mol. The highest BCUT2D eigenvalue weighted by atomic mass is 32.2. The van der Waals surface area contributed by atoms with Crippen molar-refractivity contribution in [3.63, 3.8) is 0 Å². The number of nitrogens with two attached hydrogens (primary N) is 1. The van der Waals surface area contributed by atoms with Crippen molar-refractivity contribution in [1.82, 2.24) is 4.72 Å².